The van der Waals surface area contributed by atoms with Crippen molar-refractivity contribution in [3.63, 3.8) is 0 Å². The summed E-state index contributed by atoms with van der Waals surface area (Å²) in [6.45, 7) is 0.413. The molecule has 2 aromatic heterocycles. The zero-order valence-corrected chi connectivity index (χ0v) is 14.7. The first-order valence-electron chi connectivity index (χ1n) is 8.53. The van der Waals surface area contributed by atoms with E-state index >= 15 is 0 Å². The third-order valence-electron chi connectivity index (χ3n) is 4.39. The molecule has 4 rings (SSSR count). The highest BCUT2D eigenvalue weighted by atomic mass is 35.5. The molecular weight excluding hydrogens is 352 g/mol. The lowest BCUT2D eigenvalue weighted by Crippen LogP contribution is -2.35. The number of nitrogens with zero attached hydrogens (tertiary/aromatic N) is 3. The minimum Gasteiger partial charge on any atom is -0.350 e. The number of carbonyl (C=O) groups is 1. The molecule has 0 unspecified atom stereocenters. The third-order valence-corrected chi connectivity index (χ3v) is 4.64. The number of halogens is 1. The standard InChI is InChI=1S/C19H17ClN4O2/c20-13-5-3-12(4-6-13)9-11-22-18(25)16-19(26)24(14-7-8-14)17-15(23-16)2-1-10-21-17/h1-6,10,14H,7-9,11H2,(H,22,25). The fourth-order valence-corrected chi connectivity index (χ4v) is 3.04. The summed E-state index contributed by atoms with van der Waals surface area (Å²) in [5.41, 5.74) is 1.71. The maximum atomic E-state index is 12.8. The van der Waals surface area contributed by atoms with E-state index in [2.05, 4.69) is 15.3 Å². The Bertz CT molecular complexity index is 1030. The van der Waals surface area contributed by atoms with E-state index in [4.69, 9.17) is 11.6 Å². The average molecular weight is 369 g/mol. The Morgan fingerprint density at radius 2 is 2.00 bits per heavy atom. The van der Waals surface area contributed by atoms with Crippen LogP contribution in [0, 0.1) is 0 Å². The Labute approximate surface area is 154 Å². The molecule has 0 saturated heterocycles. The second-order valence-electron chi connectivity index (χ2n) is 6.35. The summed E-state index contributed by atoms with van der Waals surface area (Å²) < 4.78 is 1.61. The summed E-state index contributed by atoms with van der Waals surface area (Å²) >= 11 is 5.87. The van der Waals surface area contributed by atoms with Gasteiger partial charge in [0.15, 0.2) is 11.3 Å². The van der Waals surface area contributed by atoms with Crippen molar-refractivity contribution in [3.8, 4) is 0 Å². The number of nitrogens with one attached hydrogen (secondary N) is 1. The van der Waals surface area contributed by atoms with Gasteiger partial charge in [-0.25, -0.2) is 9.97 Å². The summed E-state index contributed by atoms with van der Waals surface area (Å²) in [7, 11) is 0. The van der Waals surface area contributed by atoms with Crippen LogP contribution in [0.2, 0.25) is 5.02 Å². The molecule has 1 saturated carbocycles. The quantitative estimate of drug-likeness (QED) is 0.751. The lowest BCUT2D eigenvalue weighted by molar-refractivity contribution is 0.0947. The number of benzene rings is 1. The van der Waals surface area contributed by atoms with Gasteiger partial charge in [0.05, 0.1) is 0 Å². The number of amides is 1. The first-order valence-corrected chi connectivity index (χ1v) is 8.91. The van der Waals surface area contributed by atoms with Crippen LogP contribution in [-0.2, 0) is 6.42 Å². The molecule has 7 heteroatoms. The number of pyridine rings is 1. The largest absolute Gasteiger partial charge is 0.350 e. The van der Waals surface area contributed by atoms with Crippen LogP contribution in [0.5, 0.6) is 0 Å². The van der Waals surface area contributed by atoms with E-state index in [1.807, 2.05) is 24.3 Å². The van der Waals surface area contributed by atoms with E-state index in [1.165, 1.54) is 0 Å². The fourth-order valence-electron chi connectivity index (χ4n) is 2.91. The fraction of sp³-hybridized carbons (Fsp3) is 0.263. The van der Waals surface area contributed by atoms with Crippen LogP contribution in [-0.4, -0.2) is 27.0 Å². The molecule has 0 radical (unpaired) electrons. The second-order valence-corrected chi connectivity index (χ2v) is 6.78. The molecule has 132 valence electrons. The molecule has 0 aliphatic heterocycles. The smallest absolute Gasteiger partial charge is 0.284 e. The molecule has 1 aliphatic carbocycles. The van der Waals surface area contributed by atoms with E-state index in [0.29, 0.717) is 29.2 Å². The Morgan fingerprint density at radius 3 is 2.73 bits per heavy atom. The number of carbonyl (C=O) groups excluding carboxylic acids is 1. The molecule has 1 amide bonds. The summed E-state index contributed by atoms with van der Waals surface area (Å²) in [5, 5.41) is 3.46. The number of rotatable bonds is 5. The van der Waals surface area contributed by atoms with Crippen molar-refractivity contribution < 1.29 is 4.79 Å². The van der Waals surface area contributed by atoms with E-state index in [-0.39, 0.29) is 17.3 Å². The molecule has 6 nitrogen and oxygen atoms in total. The average Bonchev–Trinajstić information content (AvgIpc) is 3.47. The van der Waals surface area contributed by atoms with E-state index in [9.17, 15) is 9.59 Å². The Kier molecular flexibility index (Phi) is 4.42. The third kappa shape index (κ3) is 3.32. The monoisotopic (exact) mass is 368 g/mol. The van der Waals surface area contributed by atoms with Crippen LogP contribution in [0.4, 0.5) is 0 Å². The predicted octanol–water partition coefficient (Wildman–Crippen LogP) is 2.75. The van der Waals surface area contributed by atoms with Gasteiger partial charge in [0.25, 0.3) is 11.5 Å². The minimum atomic E-state index is -0.455. The topological polar surface area (TPSA) is 76.9 Å². The molecule has 0 atom stereocenters. The summed E-state index contributed by atoms with van der Waals surface area (Å²) in [6.07, 6.45) is 4.13. The SMILES string of the molecule is O=C(NCCc1ccc(Cl)cc1)c1nc2cccnc2n(C2CC2)c1=O. The van der Waals surface area contributed by atoms with Gasteiger partial charge in [-0.15, -0.1) is 0 Å². The maximum absolute atomic E-state index is 12.8. The van der Waals surface area contributed by atoms with Gasteiger partial charge in [0.2, 0.25) is 0 Å². The molecule has 1 aromatic carbocycles. The van der Waals surface area contributed by atoms with Crippen molar-refractivity contribution in [2.75, 3.05) is 6.54 Å². The van der Waals surface area contributed by atoms with E-state index in [0.717, 1.165) is 18.4 Å². The van der Waals surface area contributed by atoms with Crippen molar-refractivity contribution in [1.82, 2.24) is 19.9 Å². The zero-order chi connectivity index (χ0) is 18.1. The van der Waals surface area contributed by atoms with Crippen LogP contribution >= 0.6 is 11.6 Å². The normalized spacial score (nSPS) is 13.7. The van der Waals surface area contributed by atoms with Gasteiger partial charge < -0.3 is 5.32 Å². The lowest BCUT2D eigenvalue weighted by atomic mass is 10.1. The van der Waals surface area contributed by atoms with Crippen molar-refractivity contribution in [1.29, 1.82) is 0 Å². The first kappa shape index (κ1) is 16.7. The molecule has 26 heavy (non-hydrogen) atoms. The van der Waals surface area contributed by atoms with Crippen LogP contribution in [0.1, 0.15) is 34.9 Å². The maximum Gasteiger partial charge on any atom is 0.284 e. The molecule has 0 spiro atoms. The second kappa shape index (κ2) is 6.88. The summed E-state index contributed by atoms with van der Waals surface area (Å²) in [5.74, 6) is -0.455. The van der Waals surface area contributed by atoms with Gasteiger partial charge >= 0.3 is 0 Å². The number of hydrogen-bond donors (Lipinski definition) is 1. The molecular formula is C19H17ClN4O2. The number of aromatic nitrogens is 3. The Balaban J connectivity index is 1.56. The molecule has 1 aliphatic rings. The van der Waals surface area contributed by atoms with Crippen LogP contribution in [0.3, 0.4) is 0 Å². The van der Waals surface area contributed by atoms with Crippen LogP contribution in [0.15, 0.2) is 47.4 Å². The van der Waals surface area contributed by atoms with Crippen LogP contribution < -0.4 is 10.9 Å². The Hall–Kier alpha value is -2.73. The van der Waals surface area contributed by atoms with Gasteiger partial charge in [-0.3, -0.25) is 14.2 Å². The molecule has 0 bridgehead atoms. The van der Waals surface area contributed by atoms with Gasteiger partial charge in [-0.2, -0.15) is 0 Å². The minimum absolute atomic E-state index is 0.0755. The van der Waals surface area contributed by atoms with Crippen molar-refractivity contribution in [2.24, 2.45) is 0 Å². The Morgan fingerprint density at radius 1 is 1.23 bits per heavy atom. The highest BCUT2D eigenvalue weighted by molar-refractivity contribution is 6.30. The van der Waals surface area contributed by atoms with E-state index < -0.39 is 5.91 Å². The predicted molar refractivity (Wildman–Crippen MR) is 99.6 cm³/mol. The highest BCUT2D eigenvalue weighted by Crippen LogP contribution is 2.35. The van der Waals surface area contributed by atoms with Gasteiger partial charge in [-0.1, -0.05) is 23.7 Å². The van der Waals surface area contributed by atoms with Gasteiger partial charge in [0, 0.05) is 23.8 Å². The molecule has 1 N–H and O–H groups in total. The first-order chi connectivity index (χ1) is 12.6. The highest BCUT2D eigenvalue weighted by Gasteiger charge is 2.29. The van der Waals surface area contributed by atoms with E-state index in [1.54, 1.807) is 22.9 Å². The number of hydrogen-bond acceptors (Lipinski definition) is 4. The van der Waals surface area contributed by atoms with Gasteiger partial charge in [-0.05, 0) is 49.1 Å². The van der Waals surface area contributed by atoms with Gasteiger partial charge in [0.1, 0.15) is 5.52 Å². The van der Waals surface area contributed by atoms with Crippen molar-refractivity contribution in [3.05, 3.63) is 69.2 Å². The molecule has 2 heterocycles. The summed E-state index contributed by atoms with van der Waals surface area (Å²) in [4.78, 5) is 33.8. The van der Waals surface area contributed by atoms with Crippen LogP contribution in [0.25, 0.3) is 11.2 Å². The lowest BCUT2D eigenvalue weighted by Gasteiger charge is -2.10. The zero-order valence-electron chi connectivity index (χ0n) is 14.0. The molecule has 1 fully saturated rings. The number of fused-ring (bicyclic) bond motifs is 1. The summed E-state index contributed by atoms with van der Waals surface area (Å²) in [6, 6.07) is 11.1. The van der Waals surface area contributed by atoms with Crippen molar-refractivity contribution in [2.45, 2.75) is 25.3 Å². The van der Waals surface area contributed by atoms with Crippen molar-refractivity contribution >= 4 is 28.7 Å². The molecule has 3 aromatic rings.